The number of nitrogens with zero attached hydrogens (tertiary/aromatic N) is 2. The standard InChI is InChI=1S/C19H21N3O4/c23-19(20-13-3-1-2-4-13)15-8-14-10-24-18(9-22(14)21-15)12-5-6-16-17(7-12)26-11-25-16/h5-8,13,18H,1-4,9-11H2,(H,20,23)/t18-/m0/s1. The molecule has 1 N–H and O–H groups in total. The summed E-state index contributed by atoms with van der Waals surface area (Å²) in [6.07, 6.45) is 4.39. The van der Waals surface area contributed by atoms with Gasteiger partial charge in [-0.05, 0) is 36.6 Å². The Morgan fingerprint density at radius 3 is 2.88 bits per heavy atom. The number of nitrogens with one attached hydrogen (secondary N) is 1. The zero-order chi connectivity index (χ0) is 17.5. The molecule has 1 fully saturated rings. The molecular formula is C19H21N3O4. The molecule has 7 nitrogen and oxygen atoms in total. The molecule has 1 saturated carbocycles. The molecule has 2 aromatic rings. The highest BCUT2D eigenvalue weighted by Crippen LogP contribution is 2.36. The Morgan fingerprint density at radius 2 is 2.00 bits per heavy atom. The second-order valence-corrected chi connectivity index (χ2v) is 7.07. The van der Waals surface area contributed by atoms with Crippen molar-refractivity contribution in [3.8, 4) is 11.5 Å². The van der Waals surface area contributed by atoms with Crippen molar-refractivity contribution in [3.63, 3.8) is 0 Å². The number of carbonyl (C=O) groups is 1. The number of amides is 1. The van der Waals surface area contributed by atoms with Crippen molar-refractivity contribution in [1.29, 1.82) is 0 Å². The van der Waals surface area contributed by atoms with Crippen LogP contribution in [0.4, 0.5) is 0 Å². The van der Waals surface area contributed by atoms with Crippen molar-refractivity contribution in [1.82, 2.24) is 15.1 Å². The molecule has 0 spiro atoms. The molecular weight excluding hydrogens is 334 g/mol. The van der Waals surface area contributed by atoms with Gasteiger partial charge in [-0.2, -0.15) is 5.10 Å². The summed E-state index contributed by atoms with van der Waals surface area (Å²) in [5.74, 6) is 1.42. The third-order valence-corrected chi connectivity index (χ3v) is 5.33. The van der Waals surface area contributed by atoms with Gasteiger partial charge in [-0.3, -0.25) is 9.48 Å². The first-order valence-corrected chi connectivity index (χ1v) is 9.15. The monoisotopic (exact) mass is 355 g/mol. The van der Waals surface area contributed by atoms with E-state index in [0.29, 0.717) is 24.9 Å². The number of rotatable bonds is 3. The molecule has 5 rings (SSSR count). The zero-order valence-corrected chi connectivity index (χ0v) is 14.4. The Balaban J connectivity index is 1.31. The molecule has 1 aromatic carbocycles. The summed E-state index contributed by atoms with van der Waals surface area (Å²) in [5.41, 5.74) is 2.42. The molecule has 0 bridgehead atoms. The molecule has 0 radical (unpaired) electrons. The van der Waals surface area contributed by atoms with Gasteiger partial charge in [-0.1, -0.05) is 18.9 Å². The minimum absolute atomic E-state index is 0.0848. The normalized spacial score (nSPS) is 21.6. The molecule has 1 atom stereocenters. The quantitative estimate of drug-likeness (QED) is 0.916. The van der Waals surface area contributed by atoms with E-state index in [-0.39, 0.29) is 18.8 Å². The average molecular weight is 355 g/mol. The number of ether oxygens (including phenoxy) is 3. The number of hydrogen-bond donors (Lipinski definition) is 1. The molecule has 1 aromatic heterocycles. The lowest BCUT2D eigenvalue weighted by Crippen LogP contribution is -2.33. The summed E-state index contributed by atoms with van der Waals surface area (Å²) in [7, 11) is 0. The molecule has 26 heavy (non-hydrogen) atoms. The van der Waals surface area contributed by atoms with Gasteiger partial charge in [0.05, 0.1) is 18.8 Å². The van der Waals surface area contributed by atoms with Crippen LogP contribution >= 0.6 is 0 Å². The second-order valence-electron chi connectivity index (χ2n) is 7.07. The second kappa shape index (κ2) is 6.32. The number of aromatic nitrogens is 2. The van der Waals surface area contributed by atoms with E-state index in [2.05, 4.69) is 10.4 Å². The van der Waals surface area contributed by atoms with E-state index in [4.69, 9.17) is 14.2 Å². The van der Waals surface area contributed by atoms with Crippen LogP contribution in [0, 0.1) is 0 Å². The van der Waals surface area contributed by atoms with Gasteiger partial charge in [0, 0.05) is 6.04 Å². The number of carbonyl (C=O) groups excluding carboxylic acids is 1. The Kier molecular flexibility index (Phi) is 3.81. The van der Waals surface area contributed by atoms with Crippen LogP contribution in [0.1, 0.15) is 53.5 Å². The van der Waals surface area contributed by atoms with Crippen LogP contribution in [0.5, 0.6) is 11.5 Å². The number of benzene rings is 1. The SMILES string of the molecule is O=C(NC1CCCC1)c1cc2n(n1)C[C@@H](c1ccc3c(c1)OCO3)OC2. The minimum atomic E-state index is -0.123. The van der Waals surface area contributed by atoms with Gasteiger partial charge in [0.2, 0.25) is 6.79 Å². The van der Waals surface area contributed by atoms with E-state index in [1.165, 1.54) is 12.8 Å². The van der Waals surface area contributed by atoms with Gasteiger partial charge in [0.25, 0.3) is 5.91 Å². The number of hydrogen-bond acceptors (Lipinski definition) is 5. The largest absolute Gasteiger partial charge is 0.454 e. The molecule has 3 heterocycles. The smallest absolute Gasteiger partial charge is 0.272 e. The fourth-order valence-electron chi connectivity index (χ4n) is 3.88. The Hall–Kier alpha value is -2.54. The molecule has 0 unspecified atom stereocenters. The first-order valence-electron chi connectivity index (χ1n) is 9.15. The number of fused-ring (bicyclic) bond motifs is 2. The molecule has 0 saturated heterocycles. The van der Waals surface area contributed by atoms with Gasteiger partial charge < -0.3 is 19.5 Å². The lowest BCUT2D eigenvalue weighted by atomic mass is 10.1. The van der Waals surface area contributed by atoms with Crippen molar-refractivity contribution < 1.29 is 19.0 Å². The van der Waals surface area contributed by atoms with E-state index in [1.54, 1.807) is 0 Å². The lowest BCUT2D eigenvalue weighted by molar-refractivity contribution is -0.00128. The van der Waals surface area contributed by atoms with Crippen molar-refractivity contribution in [2.45, 2.75) is 51.0 Å². The topological polar surface area (TPSA) is 74.6 Å². The van der Waals surface area contributed by atoms with Crippen LogP contribution in [-0.2, 0) is 17.9 Å². The van der Waals surface area contributed by atoms with Crippen LogP contribution in [0.3, 0.4) is 0 Å². The fraction of sp³-hybridized carbons (Fsp3) is 0.474. The minimum Gasteiger partial charge on any atom is -0.454 e. The highest BCUT2D eigenvalue weighted by atomic mass is 16.7. The maximum absolute atomic E-state index is 12.4. The van der Waals surface area contributed by atoms with Crippen LogP contribution < -0.4 is 14.8 Å². The molecule has 1 aliphatic carbocycles. The molecule has 2 aliphatic heterocycles. The van der Waals surface area contributed by atoms with Crippen molar-refractivity contribution in [2.75, 3.05) is 6.79 Å². The third kappa shape index (κ3) is 2.82. The maximum Gasteiger partial charge on any atom is 0.272 e. The first-order chi connectivity index (χ1) is 12.8. The van der Waals surface area contributed by atoms with Crippen LogP contribution in [0.15, 0.2) is 24.3 Å². The molecule has 3 aliphatic rings. The van der Waals surface area contributed by atoms with E-state index in [9.17, 15) is 4.79 Å². The molecule has 7 heteroatoms. The zero-order valence-electron chi connectivity index (χ0n) is 14.4. The predicted octanol–water partition coefficient (Wildman–Crippen LogP) is 2.56. The Morgan fingerprint density at radius 1 is 1.15 bits per heavy atom. The summed E-state index contributed by atoms with van der Waals surface area (Å²) >= 11 is 0. The average Bonchev–Trinajstić information content (AvgIpc) is 3.40. The molecule has 1 amide bonds. The highest BCUT2D eigenvalue weighted by Gasteiger charge is 2.26. The van der Waals surface area contributed by atoms with Crippen LogP contribution in [0.25, 0.3) is 0 Å². The molecule has 136 valence electrons. The van der Waals surface area contributed by atoms with Gasteiger partial charge in [-0.25, -0.2) is 0 Å². The summed E-state index contributed by atoms with van der Waals surface area (Å²) in [5, 5.41) is 7.60. The van der Waals surface area contributed by atoms with Crippen molar-refractivity contribution >= 4 is 5.91 Å². The van der Waals surface area contributed by atoms with Gasteiger partial charge in [-0.15, -0.1) is 0 Å². The van der Waals surface area contributed by atoms with Crippen LogP contribution in [0.2, 0.25) is 0 Å². The van der Waals surface area contributed by atoms with E-state index in [1.807, 2.05) is 28.9 Å². The fourth-order valence-corrected chi connectivity index (χ4v) is 3.88. The first kappa shape index (κ1) is 15.7. The van der Waals surface area contributed by atoms with E-state index < -0.39 is 0 Å². The van der Waals surface area contributed by atoms with Gasteiger partial charge in [0.15, 0.2) is 17.2 Å². The summed E-state index contributed by atoms with van der Waals surface area (Å²) < 4.78 is 18.7. The predicted molar refractivity (Wildman–Crippen MR) is 92.0 cm³/mol. The van der Waals surface area contributed by atoms with Gasteiger partial charge in [0.1, 0.15) is 6.10 Å². The van der Waals surface area contributed by atoms with Crippen molar-refractivity contribution in [3.05, 3.63) is 41.2 Å². The Bertz CT molecular complexity index is 841. The van der Waals surface area contributed by atoms with E-state index >= 15 is 0 Å². The maximum atomic E-state index is 12.4. The van der Waals surface area contributed by atoms with Gasteiger partial charge >= 0.3 is 0 Å². The highest BCUT2D eigenvalue weighted by molar-refractivity contribution is 5.92. The van der Waals surface area contributed by atoms with E-state index in [0.717, 1.165) is 35.6 Å². The van der Waals surface area contributed by atoms with Crippen LogP contribution in [-0.4, -0.2) is 28.5 Å². The summed E-state index contributed by atoms with van der Waals surface area (Å²) in [6.45, 7) is 1.27. The summed E-state index contributed by atoms with van der Waals surface area (Å²) in [4.78, 5) is 12.4. The third-order valence-electron chi connectivity index (χ3n) is 5.33. The Labute approximate surface area is 151 Å². The lowest BCUT2D eigenvalue weighted by Gasteiger charge is -2.24. The van der Waals surface area contributed by atoms with Crippen molar-refractivity contribution in [2.24, 2.45) is 0 Å². The summed E-state index contributed by atoms with van der Waals surface area (Å²) in [6, 6.07) is 7.97.